The Labute approximate surface area is 170 Å². The van der Waals surface area contributed by atoms with E-state index >= 15 is 0 Å². The van der Waals surface area contributed by atoms with Crippen LogP contribution in [0.2, 0.25) is 0 Å². The van der Waals surface area contributed by atoms with Crippen LogP contribution in [0.4, 0.5) is 0 Å². The van der Waals surface area contributed by atoms with Crippen LogP contribution in [-0.4, -0.2) is 17.9 Å². The summed E-state index contributed by atoms with van der Waals surface area (Å²) in [5.74, 6) is 1.42. The van der Waals surface area contributed by atoms with Crippen LogP contribution in [-0.2, 0) is 6.42 Å². The Morgan fingerprint density at radius 1 is 1.07 bits per heavy atom. The molecule has 146 valence electrons. The molecule has 29 heavy (non-hydrogen) atoms. The number of benzene rings is 2. The lowest BCUT2D eigenvalue weighted by atomic mass is 9.73. The second-order valence-electron chi connectivity index (χ2n) is 9.06. The first kappa shape index (κ1) is 18.1. The number of fused-ring (bicyclic) bond motifs is 4. The third-order valence-corrected chi connectivity index (χ3v) is 6.23. The second kappa shape index (κ2) is 6.55. The minimum atomic E-state index is 0.0326. The first-order chi connectivity index (χ1) is 13.9. The lowest BCUT2D eigenvalue weighted by Gasteiger charge is -2.30. The summed E-state index contributed by atoms with van der Waals surface area (Å²) < 4.78 is 5.27. The number of hydrogen-bond acceptors (Lipinski definition) is 3. The van der Waals surface area contributed by atoms with E-state index in [0.29, 0.717) is 12.3 Å². The van der Waals surface area contributed by atoms with Crippen molar-refractivity contribution in [2.75, 3.05) is 7.11 Å². The first-order valence-corrected chi connectivity index (χ1v) is 10.3. The average Bonchev–Trinajstić information content (AvgIpc) is 2.70. The van der Waals surface area contributed by atoms with Crippen LogP contribution in [0.25, 0.3) is 23.1 Å². The van der Waals surface area contributed by atoms with Gasteiger partial charge in [-0.1, -0.05) is 44.2 Å². The highest BCUT2D eigenvalue weighted by molar-refractivity contribution is 6.09. The molecule has 0 aliphatic heterocycles. The molecule has 1 atom stereocenters. The maximum Gasteiger partial charge on any atom is 0.164 e. The number of ether oxygens (including phenoxy) is 1. The fourth-order valence-corrected chi connectivity index (χ4v) is 4.79. The van der Waals surface area contributed by atoms with Crippen LogP contribution in [0.3, 0.4) is 0 Å². The van der Waals surface area contributed by atoms with Crippen molar-refractivity contribution in [3.63, 3.8) is 0 Å². The van der Waals surface area contributed by atoms with Gasteiger partial charge in [-0.2, -0.15) is 0 Å². The van der Waals surface area contributed by atoms with Gasteiger partial charge < -0.3 is 4.74 Å². The van der Waals surface area contributed by atoms with Crippen molar-refractivity contribution in [3.05, 3.63) is 69.7 Å². The van der Waals surface area contributed by atoms with Gasteiger partial charge in [-0.25, -0.2) is 4.98 Å². The summed E-state index contributed by atoms with van der Waals surface area (Å²) >= 11 is 0. The van der Waals surface area contributed by atoms with Gasteiger partial charge >= 0.3 is 0 Å². The molecule has 3 nitrogen and oxygen atoms in total. The Hall–Kier alpha value is -2.94. The molecule has 2 aliphatic carbocycles. The molecule has 0 saturated heterocycles. The Morgan fingerprint density at radius 2 is 1.86 bits per heavy atom. The van der Waals surface area contributed by atoms with Crippen molar-refractivity contribution < 1.29 is 9.53 Å². The molecular formula is C26H25NO2. The van der Waals surface area contributed by atoms with E-state index in [1.807, 2.05) is 12.1 Å². The van der Waals surface area contributed by atoms with E-state index in [9.17, 15) is 4.79 Å². The monoisotopic (exact) mass is 383 g/mol. The summed E-state index contributed by atoms with van der Waals surface area (Å²) in [6.07, 6.45) is 6.98. The first-order valence-electron chi connectivity index (χ1n) is 10.3. The Bertz CT molecular complexity index is 1250. The van der Waals surface area contributed by atoms with E-state index < -0.39 is 0 Å². The molecule has 2 aromatic carbocycles. The van der Waals surface area contributed by atoms with Crippen molar-refractivity contribution in [2.24, 2.45) is 5.41 Å². The molecule has 1 heterocycles. The van der Waals surface area contributed by atoms with Crippen LogP contribution in [0.1, 0.15) is 54.1 Å². The summed E-state index contributed by atoms with van der Waals surface area (Å²) in [7, 11) is 1.69. The number of pyridine rings is 1. The molecule has 3 heteroatoms. The zero-order valence-corrected chi connectivity index (χ0v) is 17.2. The zero-order chi connectivity index (χ0) is 20.2. The highest BCUT2D eigenvalue weighted by atomic mass is 16.5. The number of Topliss-reactive ketones (excluding diaryl/α,β-unsaturated/α-hetero) is 1. The molecular weight excluding hydrogens is 358 g/mol. The molecule has 5 rings (SSSR count). The van der Waals surface area contributed by atoms with Crippen molar-refractivity contribution >= 4 is 28.8 Å². The van der Waals surface area contributed by atoms with Crippen LogP contribution in [0.15, 0.2) is 42.5 Å². The number of methoxy groups -OCH3 is 1. The van der Waals surface area contributed by atoms with Crippen LogP contribution in [0.5, 0.6) is 5.75 Å². The topological polar surface area (TPSA) is 39.2 Å². The van der Waals surface area contributed by atoms with Gasteiger partial charge in [0.15, 0.2) is 5.78 Å². The summed E-state index contributed by atoms with van der Waals surface area (Å²) in [5.41, 5.74) is 4.26. The number of ketones is 1. The SMILES string of the molecule is COc1ccc(C2C=c3nc4ccc5c(c4cc3=CC2)C(=O)CC(C)(C)C5)cc1. The van der Waals surface area contributed by atoms with Gasteiger partial charge in [0.25, 0.3) is 0 Å². The highest BCUT2D eigenvalue weighted by Crippen LogP contribution is 2.37. The fourth-order valence-electron chi connectivity index (χ4n) is 4.79. The van der Waals surface area contributed by atoms with Crippen molar-refractivity contribution in [2.45, 2.75) is 39.0 Å². The van der Waals surface area contributed by atoms with Gasteiger partial charge in [-0.15, -0.1) is 0 Å². The smallest absolute Gasteiger partial charge is 0.164 e. The third kappa shape index (κ3) is 3.15. The van der Waals surface area contributed by atoms with E-state index in [0.717, 1.165) is 51.2 Å². The average molecular weight is 383 g/mol. The number of nitrogens with zero attached hydrogens (tertiary/aromatic N) is 1. The fraction of sp³-hybridized carbons (Fsp3) is 0.308. The van der Waals surface area contributed by atoms with E-state index in [2.05, 4.69) is 56.3 Å². The van der Waals surface area contributed by atoms with E-state index in [4.69, 9.17) is 9.72 Å². The van der Waals surface area contributed by atoms with Gasteiger partial charge in [-0.3, -0.25) is 4.79 Å². The molecule has 0 radical (unpaired) electrons. The van der Waals surface area contributed by atoms with E-state index in [-0.39, 0.29) is 11.2 Å². The van der Waals surface area contributed by atoms with Crippen molar-refractivity contribution in [3.8, 4) is 5.75 Å². The van der Waals surface area contributed by atoms with Gasteiger partial charge in [0.2, 0.25) is 0 Å². The number of rotatable bonds is 2. The van der Waals surface area contributed by atoms with Crippen molar-refractivity contribution in [1.82, 2.24) is 4.98 Å². The molecule has 1 aromatic heterocycles. The molecule has 0 N–H and O–H groups in total. The minimum absolute atomic E-state index is 0.0326. The van der Waals surface area contributed by atoms with Crippen LogP contribution in [0, 0.1) is 5.41 Å². The van der Waals surface area contributed by atoms with Gasteiger partial charge in [0, 0.05) is 23.3 Å². The summed E-state index contributed by atoms with van der Waals surface area (Å²) in [6.45, 7) is 4.34. The van der Waals surface area contributed by atoms with E-state index in [1.54, 1.807) is 7.11 Å². The van der Waals surface area contributed by atoms with Gasteiger partial charge in [0.1, 0.15) is 5.75 Å². The van der Waals surface area contributed by atoms with E-state index in [1.165, 1.54) is 5.56 Å². The molecule has 0 bridgehead atoms. The Morgan fingerprint density at radius 3 is 2.62 bits per heavy atom. The molecule has 0 saturated carbocycles. The zero-order valence-electron chi connectivity index (χ0n) is 17.2. The standard InChI is InChI=1S/C26H25NO2/c1-26(2)14-19-8-11-22-21(25(19)24(28)15-26)12-18-5-4-17(13-23(18)27-22)16-6-9-20(29-3)10-7-16/h5-13,17H,4,14-15H2,1-3H3. The molecule has 0 fully saturated rings. The predicted octanol–water partition coefficient (Wildman–Crippen LogP) is 4.15. The predicted molar refractivity (Wildman–Crippen MR) is 117 cm³/mol. The molecule has 3 aromatic rings. The highest BCUT2D eigenvalue weighted by Gasteiger charge is 2.32. The number of aromatic nitrogens is 1. The van der Waals surface area contributed by atoms with Gasteiger partial charge in [-0.05, 0) is 58.9 Å². The number of carbonyl (C=O) groups is 1. The number of carbonyl (C=O) groups excluding carboxylic acids is 1. The maximum absolute atomic E-state index is 12.9. The quantitative estimate of drug-likeness (QED) is 0.667. The molecule has 0 amide bonds. The van der Waals surface area contributed by atoms with Gasteiger partial charge in [0.05, 0.1) is 18.0 Å². The molecule has 0 spiro atoms. The lowest BCUT2D eigenvalue weighted by molar-refractivity contribution is 0.0914. The molecule has 1 unspecified atom stereocenters. The maximum atomic E-state index is 12.9. The summed E-state index contributed by atoms with van der Waals surface area (Å²) in [5, 5.41) is 3.15. The molecule has 2 aliphatic rings. The van der Waals surface area contributed by atoms with Crippen molar-refractivity contribution in [1.29, 1.82) is 0 Å². The van der Waals surface area contributed by atoms with Crippen LogP contribution < -0.4 is 15.3 Å². The largest absolute Gasteiger partial charge is 0.497 e. The lowest BCUT2D eigenvalue weighted by Crippen LogP contribution is -2.33. The number of hydrogen-bond donors (Lipinski definition) is 0. The van der Waals surface area contributed by atoms with Crippen LogP contribution >= 0.6 is 0 Å². The Balaban J connectivity index is 1.62. The third-order valence-electron chi connectivity index (χ3n) is 6.23. The summed E-state index contributed by atoms with van der Waals surface area (Å²) in [4.78, 5) is 17.9. The second-order valence-corrected chi connectivity index (χ2v) is 9.06. The normalized spacial score (nSPS) is 19.7. The minimum Gasteiger partial charge on any atom is -0.497 e. The Kier molecular flexibility index (Phi) is 4.09. The summed E-state index contributed by atoms with van der Waals surface area (Å²) in [6, 6.07) is 14.6.